The van der Waals surface area contributed by atoms with E-state index in [2.05, 4.69) is 47.9 Å². The van der Waals surface area contributed by atoms with Gasteiger partial charge >= 0.3 is 17.9 Å². The van der Waals surface area contributed by atoms with E-state index in [9.17, 15) is 97.8 Å². The van der Waals surface area contributed by atoms with Crippen LogP contribution in [0.2, 0.25) is 0 Å². The van der Waals surface area contributed by atoms with E-state index in [1.807, 2.05) is 13.8 Å². The molecule has 2 heterocycles. The van der Waals surface area contributed by atoms with Gasteiger partial charge < -0.3 is 126 Å². The van der Waals surface area contributed by atoms with Crippen molar-refractivity contribution in [2.24, 2.45) is 76.0 Å². The highest BCUT2D eigenvalue weighted by molar-refractivity contribution is 6.01. The lowest BCUT2D eigenvalue weighted by molar-refractivity contribution is -0.161. The number of carboxylic acids is 2. The molecule has 22 unspecified atom stereocenters. The summed E-state index contributed by atoms with van der Waals surface area (Å²) in [5.41, 5.74) is 28.3. The Morgan fingerprint density at radius 1 is 0.607 bits per heavy atom. The van der Waals surface area contributed by atoms with Gasteiger partial charge in [-0.3, -0.25) is 86.3 Å². The van der Waals surface area contributed by atoms with Crippen molar-refractivity contribution < 1.29 is 126 Å². The van der Waals surface area contributed by atoms with Gasteiger partial charge in [0.2, 0.25) is 82.7 Å². The van der Waals surface area contributed by atoms with E-state index in [1.165, 1.54) is 34.6 Å². The molecular formula is C75H128N16O26. The smallest absolute Gasteiger partial charge is 0.308 e. The van der Waals surface area contributed by atoms with Crippen molar-refractivity contribution in [1.82, 2.24) is 57.7 Å². The molecule has 42 heteroatoms. The number of rotatable bonds is 40. The minimum atomic E-state index is -2.79. The number of aliphatic hydroxyl groups is 4. The molecule has 42 nitrogen and oxygen atoms in total. The minimum absolute atomic E-state index is 0.0390. The first-order valence-corrected chi connectivity index (χ1v) is 39.6. The number of hydrogen-bond donors (Lipinski definition) is 20. The second kappa shape index (κ2) is 49.4. The van der Waals surface area contributed by atoms with Crippen molar-refractivity contribution in [1.29, 1.82) is 0 Å². The summed E-state index contributed by atoms with van der Waals surface area (Å²) in [6.07, 6.45) is -17.6. The fourth-order valence-electron chi connectivity index (χ4n) is 13.7. The van der Waals surface area contributed by atoms with Crippen LogP contribution in [-0.2, 0) is 95.8 Å². The number of likely N-dealkylation sites (N-methyl/N-ethyl adjacent to an activating group) is 1. The third-order valence-electron chi connectivity index (χ3n) is 21.0. The number of carboxylic acid groups (broad SMARTS) is 2. The number of ether oxygens (including phenoxy) is 2. The van der Waals surface area contributed by atoms with Crippen molar-refractivity contribution in [3.63, 3.8) is 0 Å². The van der Waals surface area contributed by atoms with Gasteiger partial charge in [-0.05, 0) is 120 Å². The molecule has 664 valence electrons. The Labute approximate surface area is 680 Å². The summed E-state index contributed by atoms with van der Waals surface area (Å²) in [7, 11) is 1.09. The van der Waals surface area contributed by atoms with Gasteiger partial charge in [-0.2, -0.15) is 0 Å². The number of aliphatic carboxylic acids is 2. The Morgan fingerprint density at radius 3 is 1.73 bits per heavy atom. The Balaban J connectivity index is 3.20. The van der Waals surface area contributed by atoms with Crippen molar-refractivity contribution >= 4 is 107 Å². The molecule has 0 radical (unpaired) electrons. The van der Waals surface area contributed by atoms with E-state index in [4.69, 9.17) is 38.1 Å². The number of primary amides is 4. The van der Waals surface area contributed by atoms with Crippen LogP contribution < -0.4 is 76.5 Å². The Kier molecular flexibility index (Phi) is 43.7. The van der Waals surface area contributed by atoms with Crippen LogP contribution in [0.5, 0.6) is 0 Å². The number of cyclic esters (lactones) is 1. The molecule has 0 saturated carbocycles. The molecule has 0 aromatic heterocycles. The highest BCUT2D eigenvalue weighted by Gasteiger charge is 2.48. The number of nitrogens with two attached hydrogens (primary N) is 5. The Morgan fingerprint density at radius 2 is 1.20 bits per heavy atom. The van der Waals surface area contributed by atoms with E-state index in [1.54, 1.807) is 34.6 Å². The largest absolute Gasteiger partial charge is 0.481 e. The highest BCUT2D eigenvalue weighted by atomic mass is 16.5. The van der Waals surface area contributed by atoms with Gasteiger partial charge in [0.05, 0.1) is 43.4 Å². The Bertz CT molecular complexity index is 3460. The molecule has 22 atom stereocenters. The number of nitrogens with zero attached hydrogens (tertiary/aromatic N) is 2. The van der Waals surface area contributed by atoms with Crippen molar-refractivity contribution in [2.45, 2.75) is 289 Å². The molecule has 0 aliphatic carbocycles. The normalized spacial score (nSPS) is 24.1. The summed E-state index contributed by atoms with van der Waals surface area (Å²) >= 11 is 0. The van der Waals surface area contributed by atoms with Gasteiger partial charge in [0.25, 0.3) is 5.91 Å². The molecule has 0 aromatic rings. The first kappa shape index (κ1) is 103. The van der Waals surface area contributed by atoms with E-state index in [-0.39, 0.29) is 70.6 Å². The van der Waals surface area contributed by atoms with Crippen LogP contribution in [0.25, 0.3) is 0 Å². The lowest BCUT2D eigenvalue weighted by Gasteiger charge is -2.39. The number of amides is 15. The zero-order valence-electron chi connectivity index (χ0n) is 69.3. The standard InChI is InChI=1S/C75H128N16O26/c1-15-116-62(64(80)104)57-71(111)85-47(32-52(97)98)75(115)91-27-19-17-20-42(91)30-53(99)117-61(37(9)35(6)7)56(72(112)87-55(41(13)92)70(110)82-44(21-16-18-26-76)66(106)84-46(29-34(4)5)74(114)90(14)48(68(108)88-57)23-25-50(78)94)89-69(109)54(38(10)39(11)63(79)103)86-73(113)60(102)59(101)43(22-24-49(77)93)81-67(107)45(31-51(95)96)83-65(105)40(12)58(100)36(8)28-33(2)3/h33-48,54-62,92,100-102H,15-32,76H2,1-14H3,(H2,77,93)(H2,78,94)(H2,79,103)(H2,80,104)(H,81,107)(H,82,110)(H,83,105)(H,84,106)(H,85,111)(H,86,113)(H,87,112)(H,88,108)(H,89,109)(H,95,96)(H,97,98). The number of carbonyl (C=O) groups excluding carboxylic acids is 16. The number of piperidine rings is 1. The van der Waals surface area contributed by atoms with Gasteiger partial charge in [-0.1, -0.05) is 76.2 Å². The average molecular weight is 1670 g/mol. The molecule has 0 bridgehead atoms. The highest BCUT2D eigenvalue weighted by Crippen LogP contribution is 2.28. The summed E-state index contributed by atoms with van der Waals surface area (Å²) in [6, 6.07) is -21.4. The van der Waals surface area contributed by atoms with Crippen molar-refractivity contribution in [3.05, 3.63) is 0 Å². The zero-order valence-corrected chi connectivity index (χ0v) is 69.3. The summed E-state index contributed by atoms with van der Waals surface area (Å²) in [5, 5.41) is 87.5. The van der Waals surface area contributed by atoms with Crippen molar-refractivity contribution in [3.8, 4) is 0 Å². The maximum absolute atomic E-state index is 15.7. The number of esters is 1. The fraction of sp³-hybridized carbons (Fsp3) is 0.760. The van der Waals surface area contributed by atoms with Crippen LogP contribution >= 0.6 is 0 Å². The number of nitrogens with one attached hydrogen (secondary N) is 9. The summed E-state index contributed by atoms with van der Waals surface area (Å²) in [4.78, 5) is 255. The Hall–Kier alpha value is -9.78. The predicted molar refractivity (Wildman–Crippen MR) is 415 cm³/mol. The van der Waals surface area contributed by atoms with Gasteiger partial charge in [-0.25, -0.2) is 0 Å². The maximum atomic E-state index is 15.7. The fourth-order valence-corrected chi connectivity index (χ4v) is 13.7. The van der Waals surface area contributed by atoms with E-state index in [0.717, 1.165) is 23.8 Å². The predicted octanol–water partition coefficient (Wildman–Crippen LogP) is -5.75. The maximum Gasteiger partial charge on any atom is 0.308 e. The second-order valence-electron chi connectivity index (χ2n) is 31.7. The minimum Gasteiger partial charge on any atom is -0.481 e. The van der Waals surface area contributed by atoms with E-state index in [0.29, 0.717) is 6.42 Å². The molecule has 2 rings (SSSR count). The topological polar surface area (TPSA) is 692 Å². The molecule has 25 N–H and O–H groups in total. The molecule has 117 heavy (non-hydrogen) atoms. The second-order valence-corrected chi connectivity index (χ2v) is 31.7. The first-order chi connectivity index (χ1) is 54.4. The van der Waals surface area contributed by atoms with Crippen LogP contribution in [0.3, 0.4) is 0 Å². The molecule has 2 saturated heterocycles. The van der Waals surface area contributed by atoms with Gasteiger partial charge in [0.1, 0.15) is 66.6 Å². The van der Waals surface area contributed by atoms with Crippen LogP contribution in [0.15, 0.2) is 0 Å². The molecule has 0 aromatic carbocycles. The van der Waals surface area contributed by atoms with Crippen molar-refractivity contribution in [2.75, 3.05) is 26.7 Å². The number of unbranched alkanes of at least 4 members (excludes halogenated alkanes) is 1. The first-order valence-electron chi connectivity index (χ1n) is 39.6. The molecule has 15 amide bonds. The summed E-state index contributed by atoms with van der Waals surface area (Å²) < 4.78 is 11.8. The summed E-state index contributed by atoms with van der Waals surface area (Å²) in [6.45, 7) is 18.9. The van der Waals surface area contributed by atoms with Gasteiger partial charge in [-0.15, -0.1) is 0 Å². The monoisotopic (exact) mass is 1670 g/mol. The molecule has 2 aliphatic heterocycles. The number of carbonyl (C=O) groups is 18. The summed E-state index contributed by atoms with van der Waals surface area (Å²) in [5.74, 6) is -30.3. The number of fused-ring (bicyclic) bond motifs is 1. The van der Waals surface area contributed by atoms with Gasteiger partial charge in [0, 0.05) is 45.0 Å². The number of hydrogen-bond acceptors (Lipinski definition) is 25. The molecule has 2 aliphatic rings. The molecule has 2 fully saturated rings. The van der Waals surface area contributed by atoms with Crippen LogP contribution in [0, 0.1) is 47.3 Å². The zero-order chi connectivity index (χ0) is 89.5. The van der Waals surface area contributed by atoms with E-state index >= 15 is 19.2 Å². The SMILES string of the molecule is CCOC(C(N)=O)C1NC(=O)C(CCC(N)=O)N(C)C(=O)C(CC(C)C)NC(=O)C(CCCCN)NC(=O)C(C(C)O)NC(=O)C(NC(=O)C(NC(=O)C(O)C(O)C(CCC(N)=O)NC(=O)C(CC(=O)O)NC(=O)C(C)C(O)C(C)CC(C)C)C(C)C(C)C(N)=O)C(C(C)C(C)C)OC(=O)CC2CCCCN2C(=O)C(CC(=O)O)NC1=O. The lowest BCUT2D eigenvalue weighted by Crippen LogP contribution is -2.66. The lowest BCUT2D eigenvalue weighted by atomic mass is 9.85. The molecule has 0 spiro atoms. The quantitative estimate of drug-likeness (QED) is 0.0201. The van der Waals surface area contributed by atoms with Gasteiger partial charge in [0.15, 0.2) is 12.2 Å². The third-order valence-corrected chi connectivity index (χ3v) is 21.0. The number of aliphatic hydroxyl groups excluding tert-OH is 4. The van der Waals surface area contributed by atoms with E-state index < -0.39 is 296 Å². The molecular weight excluding hydrogens is 1540 g/mol. The van der Waals surface area contributed by atoms with Crippen LogP contribution in [0.1, 0.15) is 186 Å². The van der Waals surface area contributed by atoms with Crippen LogP contribution in [0.4, 0.5) is 0 Å². The van der Waals surface area contributed by atoms with Crippen LogP contribution in [-0.4, -0.2) is 277 Å². The third kappa shape index (κ3) is 32.9. The average Bonchev–Trinajstić information content (AvgIpc) is 0.796.